The van der Waals surface area contributed by atoms with Gasteiger partial charge in [-0.15, -0.1) is 0 Å². The van der Waals surface area contributed by atoms with Crippen LogP contribution in [0.1, 0.15) is 59.3 Å². The molecule has 0 aromatic carbocycles. The highest BCUT2D eigenvalue weighted by Crippen LogP contribution is 2.41. The molecule has 0 atom stereocenters. The second-order valence-electron chi connectivity index (χ2n) is 9.27. The maximum absolute atomic E-state index is 13.7. The maximum atomic E-state index is 13.7. The van der Waals surface area contributed by atoms with Crippen LogP contribution in [0.2, 0.25) is 0 Å². The number of rotatable bonds is 4. The Morgan fingerprint density at radius 1 is 1.23 bits per heavy atom. The van der Waals surface area contributed by atoms with Crippen molar-refractivity contribution < 1.29 is 4.79 Å². The number of pyridine rings is 2. The molecule has 1 aliphatic carbocycles. The van der Waals surface area contributed by atoms with E-state index in [-0.39, 0.29) is 11.5 Å². The van der Waals surface area contributed by atoms with Crippen LogP contribution in [-0.2, 0) is 12.1 Å². The summed E-state index contributed by atoms with van der Waals surface area (Å²) in [6, 6.07) is 1.97. The molecule has 1 amide bonds. The second kappa shape index (κ2) is 7.37. The van der Waals surface area contributed by atoms with E-state index in [0.29, 0.717) is 17.8 Å². The lowest BCUT2D eigenvalue weighted by Gasteiger charge is -2.36. The second-order valence-corrected chi connectivity index (χ2v) is 9.27. The van der Waals surface area contributed by atoms with E-state index in [9.17, 15) is 9.59 Å². The van der Waals surface area contributed by atoms with Gasteiger partial charge in [0.2, 0.25) is 0 Å². The zero-order chi connectivity index (χ0) is 21.8. The normalized spacial score (nSPS) is 18.3. The first-order valence-corrected chi connectivity index (χ1v) is 11.2. The number of hydrogen-bond donors (Lipinski definition) is 3. The van der Waals surface area contributed by atoms with Gasteiger partial charge in [0.05, 0.1) is 0 Å². The molecule has 0 bridgehead atoms. The molecule has 0 radical (unpaired) electrons. The molecule has 3 aliphatic rings. The summed E-state index contributed by atoms with van der Waals surface area (Å²) in [7, 11) is 4.07. The SMILES string of the molecule is Cc1c2c(c(=O)n3c1C(=O)NC31CCCCC1)Nc1cc(NCCN(C)C)ncc1C2. The van der Waals surface area contributed by atoms with E-state index in [2.05, 4.69) is 25.8 Å². The van der Waals surface area contributed by atoms with Crippen molar-refractivity contribution in [2.24, 2.45) is 0 Å². The Hall–Kier alpha value is -2.87. The van der Waals surface area contributed by atoms with Gasteiger partial charge < -0.3 is 20.9 Å². The molecule has 31 heavy (non-hydrogen) atoms. The lowest BCUT2D eigenvalue weighted by molar-refractivity contribution is 0.0876. The molecule has 1 fully saturated rings. The molecule has 8 nitrogen and oxygen atoms in total. The van der Waals surface area contributed by atoms with Crippen LogP contribution < -0.4 is 21.5 Å². The predicted molar refractivity (Wildman–Crippen MR) is 121 cm³/mol. The van der Waals surface area contributed by atoms with E-state index < -0.39 is 5.66 Å². The van der Waals surface area contributed by atoms with Gasteiger partial charge in [-0.2, -0.15) is 0 Å². The number of carbonyl (C=O) groups excluding carboxylic acids is 1. The Labute approximate surface area is 182 Å². The highest BCUT2D eigenvalue weighted by molar-refractivity contribution is 5.98. The molecule has 0 unspecified atom stereocenters. The molecule has 2 aliphatic heterocycles. The van der Waals surface area contributed by atoms with Crippen molar-refractivity contribution in [1.82, 2.24) is 19.8 Å². The molecular weight excluding hydrogens is 392 g/mol. The van der Waals surface area contributed by atoms with Gasteiger partial charge in [-0.3, -0.25) is 14.2 Å². The van der Waals surface area contributed by atoms with Crippen LogP contribution >= 0.6 is 0 Å². The van der Waals surface area contributed by atoms with Gasteiger partial charge in [-0.1, -0.05) is 6.42 Å². The maximum Gasteiger partial charge on any atom is 0.277 e. The first-order chi connectivity index (χ1) is 14.9. The summed E-state index contributed by atoms with van der Waals surface area (Å²) in [5.41, 5.74) is 4.20. The predicted octanol–water partition coefficient (Wildman–Crippen LogP) is 2.53. The molecule has 5 rings (SSSR count). The Morgan fingerprint density at radius 3 is 2.74 bits per heavy atom. The standard InChI is InChI=1S/C23H30N6O2/c1-14-16-11-15-13-25-18(24-9-10-28(2)3)12-17(15)26-19(16)22(31)29-20(14)21(30)27-23(29)7-5-4-6-8-23/h12-13,26H,4-11H2,1-3H3,(H,24,25)(H,27,30). The van der Waals surface area contributed by atoms with Crippen molar-refractivity contribution in [2.75, 3.05) is 37.8 Å². The van der Waals surface area contributed by atoms with E-state index in [0.717, 1.165) is 73.4 Å². The summed E-state index contributed by atoms with van der Waals surface area (Å²) < 4.78 is 1.76. The van der Waals surface area contributed by atoms with Crippen molar-refractivity contribution in [3.8, 4) is 0 Å². The number of fused-ring (bicyclic) bond motifs is 4. The fourth-order valence-corrected chi connectivity index (χ4v) is 5.25. The summed E-state index contributed by atoms with van der Waals surface area (Å²) in [6.45, 7) is 3.66. The number of anilines is 3. The lowest BCUT2D eigenvalue weighted by atomic mass is 9.88. The third kappa shape index (κ3) is 3.20. The van der Waals surface area contributed by atoms with Crippen molar-refractivity contribution in [1.29, 1.82) is 0 Å². The highest BCUT2D eigenvalue weighted by atomic mass is 16.2. The number of hydrogen-bond acceptors (Lipinski definition) is 6. The number of likely N-dealkylation sites (N-methyl/N-ethyl adjacent to an activating group) is 1. The summed E-state index contributed by atoms with van der Waals surface area (Å²) >= 11 is 0. The van der Waals surface area contributed by atoms with Crippen molar-refractivity contribution in [2.45, 2.75) is 51.1 Å². The summed E-state index contributed by atoms with van der Waals surface area (Å²) in [5.74, 6) is 0.666. The molecule has 2 aromatic rings. The molecule has 0 saturated heterocycles. The Morgan fingerprint density at radius 2 is 2.00 bits per heavy atom. The van der Waals surface area contributed by atoms with Gasteiger partial charge in [0, 0.05) is 37.5 Å². The van der Waals surface area contributed by atoms with Crippen LogP contribution in [0.4, 0.5) is 17.2 Å². The molecule has 164 valence electrons. The quantitative estimate of drug-likeness (QED) is 0.599. The summed E-state index contributed by atoms with van der Waals surface area (Å²) in [5, 5.41) is 9.90. The molecule has 1 saturated carbocycles. The smallest absolute Gasteiger partial charge is 0.277 e. The minimum Gasteiger partial charge on any atom is -0.369 e. The van der Waals surface area contributed by atoms with E-state index in [4.69, 9.17) is 0 Å². The average molecular weight is 423 g/mol. The number of carbonyl (C=O) groups is 1. The van der Waals surface area contributed by atoms with Crippen LogP contribution in [0.3, 0.4) is 0 Å². The van der Waals surface area contributed by atoms with Gasteiger partial charge >= 0.3 is 0 Å². The minimum absolute atomic E-state index is 0.0968. The number of nitrogens with one attached hydrogen (secondary N) is 3. The third-order valence-electron chi connectivity index (χ3n) is 6.90. The third-order valence-corrected chi connectivity index (χ3v) is 6.90. The minimum atomic E-state index is -0.569. The molecular formula is C23H30N6O2. The van der Waals surface area contributed by atoms with Gasteiger partial charge in [-0.05, 0) is 63.4 Å². The monoisotopic (exact) mass is 422 g/mol. The summed E-state index contributed by atoms with van der Waals surface area (Å²) in [4.78, 5) is 33.3. The number of nitrogens with zero attached hydrogens (tertiary/aromatic N) is 3. The molecule has 4 heterocycles. The van der Waals surface area contributed by atoms with Crippen LogP contribution in [0.5, 0.6) is 0 Å². The van der Waals surface area contributed by atoms with Gasteiger partial charge in [-0.25, -0.2) is 4.98 Å². The zero-order valence-corrected chi connectivity index (χ0v) is 18.5. The van der Waals surface area contributed by atoms with Crippen LogP contribution in [0.25, 0.3) is 0 Å². The fourth-order valence-electron chi connectivity index (χ4n) is 5.25. The van der Waals surface area contributed by atoms with E-state index in [1.807, 2.05) is 33.3 Å². The Balaban J connectivity index is 1.54. The topological polar surface area (TPSA) is 91.3 Å². The lowest BCUT2D eigenvalue weighted by Crippen LogP contribution is -2.49. The van der Waals surface area contributed by atoms with E-state index in [1.165, 1.54) is 0 Å². The molecule has 8 heteroatoms. The van der Waals surface area contributed by atoms with Crippen molar-refractivity contribution in [3.05, 3.63) is 45.0 Å². The first kappa shape index (κ1) is 20.1. The van der Waals surface area contributed by atoms with Crippen molar-refractivity contribution in [3.63, 3.8) is 0 Å². The van der Waals surface area contributed by atoms with Crippen LogP contribution in [-0.4, -0.2) is 47.5 Å². The van der Waals surface area contributed by atoms with Gasteiger partial charge in [0.25, 0.3) is 11.5 Å². The van der Waals surface area contributed by atoms with E-state index >= 15 is 0 Å². The van der Waals surface area contributed by atoms with Crippen LogP contribution in [0.15, 0.2) is 17.1 Å². The molecule has 1 spiro atoms. The highest BCUT2D eigenvalue weighted by Gasteiger charge is 2.46. The Kier molecular flexibility index (Phi) is 4.77. The Bertz CT molecular complexity index is 1110. The van der Waals surface area contributed by atoms with Crippen molar-refractivity contribution >= 4 is 23.1 Å². The largest absolute Gasteiger partial charge is 0.369 e. The average Bonchev–Trinajstić information content (AvgIpc) is 3.02. The first-order valence-electron chi connectivity index (χ1n) is 11.2. The number of amides is 1. The van der Waals surface area contributed by atoms with Crippen LogP contribution in [0, 0.1) is 6.92 Å². The van der Waals surface area contributed by atoms with Gasteiger partial charge in [0.15, 0.2) is 0 Å². The molecule has 2 aromatic heterocycles. The number of aromatic nitrogens is 2. The van der Waals surface area contributed by atoms with Gasteiger partial charge in [0.1, 0.15) is 22.9 Å². The fraction of sp³-hybridized carbons (Fsp3) is 0.522. The summed E-state index contributed by atoms with van der Waals surface area (Å²) in [6.07, 6.45) is 7.26. The molecule has 3 N–H and O–H groups in total. The van der Waals surface area contributed by atoms with E-state index in [1.54, 1.807) is 4.57 Å². The zero-order valence-electron chi connectivity index (χ0n) is 18.5.